The molecule has 2 saturated heterocycles. The maximum Gasteiger partial charge on any atom is 0.244 e. The van der Waals surface area contributed by atoms with Gasteiger partial charge in [0.2, 0.25) is 5.95 Å². The monoisotopic (exact) mass is 293 g/mol. The van der Waals surface area contributed by atoms with Crippen LogP contribution in [0.1, 0.15) is 44.3 Å². The van der Waals surface area contributed by atoms with Gasteiger partial charge < -0.3 is 15.4 Å². The molecular weight excluding hydrogens is 266 g/mol. The lowest BCUT2D eigenvalue weighted by Gasteiger charge is -2.30. The van der Waals surface area contributed by atoms with Crippen molar-refractivity contribution in [3.63, 3.8) is 0 Å². The van der Waals surface area contributed by atoms with Crippen molar-refractivity contribution in [2.45, 2.75) is 51.0 Å². The Morgan fingerprint density at radius 1 is 1.24 bits per heavy atom. The number of nitrogens with zero attached hydrogens (tertiary/aromatic N) is 3. The van der Waals surface area contributed by atoms with Crippen LogP contribution in [0.2, 0.25) is 0 Å². The summed E-state index contributed by atoms with van der Waals surface area (Å²) in [5, 5.41) is 7.46. The molecular formula is C15H27N5O. The van der Waals surface area contributed by atoms with Crippen LogP contribution in [0.15, 0.2) is 0 Å². The van der Waals surface area contributed by atoms with E-state index >= 15 is 0 Å². The molecule has 21 heavy (non-hydrogen) atoms. The quantitative estimate of drug-likeness (QED) is 0.859. The van der Waals surface area contributed by atoms with Crippen LogP contribution < -0.4 is 10.6 Å². The van der Waals surface area contributed by atoms with Crippen molar-refractivity contribution in [1.82, 2.24) is 15.2 Å². The van der Waals surface area contributed by atoms with Crippen molar-refractivity contribution >= 4 is 5.95 Å². The number of nitrogens with one attached hydrogen (secondary N) is 1. The minimum atomic E-state index is 0.410. The van der Waals surface area contributed by atoms with E-state index in [1.54, 1.807) is 0 Å². The van der Waals surface area contributed by atoms with Crippen LogP contribution in [-0.2, 0) is 11.2 Å². The van der Waals surface area contributed by atoms with Gasteiger partial charge in [0, 0.05) is 26.1 Å². The summed E-state index contributed by atoms with van der Waals surface area (Å²) < 4.78 is 5.76. The number of H-pyrrole nitrogens is 1. The number of aromatic nitrogens is 3. The summed E-state index contributed by atoms with van der Waals surface area (Å²) >= 11 is 0. The van der Waals surface area contributed by atoms with Gasteiger partial charge in [0.05, 0.1) is 6.10 Å². The third-order valence-corrected chi connectivity index (χ3v) is 4.73. The number of hydrogen-bond donors (Lipinski definition) is 2. The van der Waals surface area contributed by atoms with Crippen molar-refractivity contribution in [1.29, 1.82) is 0 Å². The summed E-state index contributed by atoms with van der Waals surface area (Å²) in [5.41, 5.74) is 5.73. The first-order chi connectivity index (χ1) is 10.3. The summed E-state index contributed by atoms with van der Waals surface area (Å²) in [7, 11) is 0. The van der Waals surface area contributed by atoms with E-state index in [1.165, 1.54) is 19.3 Å². The van der Waals surface area contributed by atoms with Gasteiger partial charge >= 0.3 is 0 Å². The number of ether oxygens (including phenoxy) is 1. The van der Waals surface area contributed by atoms with Gasteiger partial charge in [-0.3, -0.25) is 5.10 Å². The highest BCUT2D eigenvalue weighted by molar-refractivity contribution is 5.29. The largest absolute Gasteiger partial charge is 0.378 e. The summed E-state index contributed by atoms with van der Waals surface area (Å²) in [4.78, 5) is 6.91. The fraction of sp³-hybridized carbons (Fsp3) is 0.867. The van der Waals surface area contributed by atoms with Crippen LogP contribution >= 0.6 is 0 Å². The van der Waals surface area contributed by atoms with Gasteiger partial charge in [0.25, 0.3) is 0 Å². The SMILES string of the molecule is NCC1CCN(c2n[nH]c(CCC3CCCCO3)n2)CC1. The maximum absolute atomic E-state index is 5.76. The fourth-order valence-corrected chi connectivity index (χ4v) is 3.24. The predicted octanol–water partition coefficient (Wildman–Crippen LogP) is 1.48. The molecule has 0 amide bonds. The number of nitrogens with two attached hydrogens (primary N) is 1. The van der Waals surface area contributed by atoms with Gasteiger partial charge in [0.15, 0.2) is 0 Å². The van der Waals surface area contributed by atoms with Crippen LogP contribution in [0, 0.1) is 5.92 Å². The Bertz CT molecular complexity index is 421. The Balaban J connectivity index is 1.47. The first-order valence-corrected chi connectivity index (χ1v) is 8.33. The fourth-order valence-electron chi connectivity index (χ4n) is 3.24. The molecule has 6 heteroatoms. The van der Waals surface area contributed by atoms with Crippen LogP contribution in [0.5, 0.6) is 0 Å². The molecule has 1 aromatic rings. The van der Waals surface area contributed by atoms with E-state index in [0.717, 1.165) is 63.7 Å². The van der Waals surface area contributed by atoms with Gasteiger partial charge in [-0.05, 0) is 51.0 Å². The van der Waals surface area contributed by atoms with Crippen LogP contribution in [0.3, 0.4) is 0 Å². The van der Waals surface area contributed by atoms with Gasteiger partial charge in [-0.25, -0.2) is 0 Å². The van der Waals surface area contributed by atoms with E-state index in [9.17, 15) is 0 Å². The van der Waals surface area contributed by atoms with Crippen LogP contribution in [-0.4, -0.2) is 47.5 Å². The highest BCUT2D eigenvalue weighted by Gasteiger charge is 2.21. The van der Waals surface area contributed by atoms with E-state index in [1.807, 2.05) is 0 Å². The van der Waals surface area contributed by atoms with Crippen molar-refractivity contribution in [2.75, 3.05) is 31.1 Å². The molecule has 1 unspecified atom stereocenters. The smallest absolute Gasteiger partial charge is 0.244 e. The Kier molecular flexibility index (Phi) is 5.08. The van der Waals surface area contributed by atoms with Gasteiger partial charge in [-0.2, -0.15) is 4.98 Å². The minimum absolute atomic E-state index is 0.410. The molecule has 0 aromatic carbocycles. The zero-order chi connectivity index (χ0) is 14.5. The molecule has 0 radical (unpaired) electrons. The van der Waals surface area contributed by atoms with E-state index in [-0.39, 0.29) is 0 Å². The molecule has 0 saturated carbocycles. The Morgan fingerprint density at radius 2 is 2.10 bits per heavy atom. The zero-order valence-electron chi connectivity index (χ0n) is 12.8. The third-order valence-electron chi connectivity index (χ3n) is 4.73. The van der Waals surface area contributed by atoms with Crippen LogP contribution in [0.4, 0.5) is 5.95 Å². The number of piperidine rings is 1. The number of rotatable bonds is 5. The van der Waals surface area contributed by atoms with E-state index in [0.29, 0.717) is 12.0 Å². The zero-order valence-corrected chi connectivity index (χ0v) is 12.8. The Labute approximate surface area is 126 Å². The lowest BCUT2D eigenvalue weighted by atomic mass is 9.97. The number of anilines is 1. The predicted molar refractivity (Wildman–Crippen MR) is 82.3 cm³/mol. The average Bonchev–Trinajstić information content (AvgIpc) is 3.03. The Morgan fingerprint density at radius 3 is 2.81 bits per heavy atom. The number of aromatic amines is 1. The van der Waals surface area contributed by atoms with E-state index in [2.05, 4.69) is 20.1 Å². The molecule has 1 atom stereocenters. The summed E-state index contributed by atoms with van der Waals surface area (Å²) in [5.74, 6) is 2.51. The van der Waals surface area contributed by atoms with Crippen molar-refractivity contribution in [3.05, 3.63) is 5.82 Å². The lowest BCUT2D eigenvalue weighted by Crippen LogP contribution is -2.36. The molecule has 2 aliphatic heterocycles. The maximum atomic E-state index is 5.76. The molecule has 0 aliphatic carbocycles. The van der Waals surface area contributed by atoms with Gasteiger partial charge in [-0.1, -0.05) is 0 Å². The number of aryl methyl sites for hydroxylation is 1. The normalized spacial score (nSPS) is 24.4. The molecule has 3 heterocycles. The second-order valence-electron chi connectivity index (χ2n) is 6.28. The molecule has 2 fully saturated rings. The Hall–Kier alpha value is -1.14. The molecule has 0 spiro atoms. The van der Waals surface area contributed by atoms with E-state index in [4.69, 9.17) is 10.5 Å². The average molecular weight is 293 g/mol. The molecule has 0 bridgehead atoms. The molecule has 2 aliphatic rings. The second-order valence-corrected chi connectivity index (χ2v) is 6.28. The van der Waals surface area contributed by atoms with Crippen molar-refractivity contribution in [2.24, 2.45) is 11.7 Å². The standard InChI is InChI=1S/C15H27N5O/c16-11-12-6-8-20(9-7-12)15-17-14(18-19-15)5-4-13-3-1-2-10-21-13/h12-13H,1-11,16H2,(H,17,18,19). The van der Waals surface area contributed by atoms with Gasteiger partial charge in [-0.15, -0.1) is 5.10 Å². The van der Waals surface area contributed by atoms with Gasteiger partial charge in [0.1, 0.15) is 5.82 Å². The molecule has 3 rings (SSSR count). The van der Waals surface area contributed by atoms with Crippen molar-refractivity contribution in [3.8, 4) is 0 Å². The highest BCUT2D eigenvalue weighted by atomic mass is 16.5. The minimum Gasteiger partial charge on any atom is -0.378 e. The van der Waals surface area contributed by atoms with E-state index < -0.39 is 0 Å². The van der Waals surface area contributed by atoms with Crippen LogP contribution in [0.25, 0.3) is 0 Å². The summed E-state index contributed by atoms with van der Waals surface area (Å²) in [6.45, 7) is 3.76. The summed E-state index contributed by atoms with van der Waals surface area (Å²) in [6, 6.07) is 0. The molecule has 118 valence electrons. The molecule has 6 nitrogen and oxygen atoms in total. The molecule has 3 N–H and O–H groups in total. The second kappa shape index (κ2) is 7.22. The summed E-state index contributed by atoms with van der Waals surface area (Å²) in [6.07, 6.45) is 8.37. The molecule has 1 aromatic heterocycles. The third kappa shape index (κ3) is 3.95. The topological polar surface area (TPSA) is 80.1 Å². The first kappa shape index (κ1) is 14.8. The highest BCUT2D eigenvalue weighted by Crippen LogP contribution is 2.21. The first-order valence-electron chi connectivity index (χ1n) is 8.33. The number of hydrogen-bond acceptors (Lipinski definition) is 5. The van der Waals surface area contributed by atoms with Crippen molar-refractivity contribution < 1.29 is 4.74 Å². The lowest BCUT2D eigenvalue weighted by molar-refractivity contribution is 0.0112.